The van der Waals surface area contributed by atoms with Gasteiger partial charge in [0.15, 0.2) is 0 Å². The van der Waals surface area contributed by atoms with Gasteiger partial charge in [0.2, 0.25) is 5.91 Å². The molecule has 27 heavy (non-hydrogen) atoms. The lowest BCUT2D eigenvalue weighted by Crippen LogP contribution is -2.53. The van der Waals surface area contributed by atoms with Crippen LogP contribution in [0, 0.1) is 11.8 Å². The minimum absolute atomic E-state index is 0.0444. The van der Waals surface area contributed by atoms with Gasteiger partial charge in [-0.2, -0.15) is 0 Å². The standard InChI is InChI=1S/C20H36N2O5/c1-20(2,3)27-19(25)22-17(15-9-12-26-13-10-15)18(24)21-11-5-7-14-6-4-8-16(14)23/h14-17,23H,4-13H2,1-3H3,(H,21,24)(H,22,25)/t14-,16-,17+/m1/s1. The Bertz CT molecular complexity index is 485. The summed E-state index contributed by atoms with van der Waals surface area (Å²) in [6.07, 6.45) is 5.52. The topological polar surface area (TPSA) is 96.9 Å². The number of hydrogen-bond acceptors (Lipinski definition) is 5. The van der Waals surface area contributed by atoms with Gasteiger partial charge in [-0.3, -0.25) is 4.79 Å². The summed E-state index contributed by atoms with van der Waals surface area (Å²) in [7, 11) is 0. The molecule has 1 heterocycles. The summed E-state index contributed by atoms with van der Waals surface area (Å²) in [6.45, 7) is 7.15. The summed E-state index contributed by atoms with van der Waals surface area (Å²) in [5.41, 5.74) is -0.608. The van der Waals surface area contributed by atoms with Gasteiger partial charge in [0, 0.05) is 19.8 Å². The number of aliphatic hydroxyl groups is 1. The van der Waals surface area contributed by atoms with Gasteiger partial charge >= 0.3 is 6.09 Å². The molecule has 1 saturated carbocycles. The second-order valence-electron chi connectivity index (χ2n) is 8.77. The number of ether oxygens (including phenoxy) is 2. The Labute approximate surface area is 162 Å². The Morgan fingerprint density at radius 3 is 2.48 bits per heavy atom. The summed E-state index contributed by atoms with van der Waals surface area (Å²) in [5, 5.41) is 15.6. The van der Waals surface area contributed by atoms with E-state index in [1.807, 2.05) is 0 Å². The number of alkyl carbamates (subject to hydrolysis) is 1. The lowest BCUT2D eigenvalue weighted by atomic mass is 9.91. The van der Waals surface area contributed by atoms with Crippen molar-refractivity contribution in [1.82, 2.24) is 10.6 Å². The molecule has 156 valence electrons. The monoisotopic (exact) mass is 384 g/mol. The molecule has 0 aromatic heterocycles. The normalized spacial score (nSPS) is 25.0. The molecule has 0 spiro atoms. The largest absolute Gasteiger partial charge is 0.444 e. The number of nitrogens with one attached hydrogen (secondary N) is 2. The minimum Gasteiger partial charge on any atom is -0.444 e. The van der Waals surface area contributed by atoms with E-state index in [4.69, 9.17) is 9.47 Å². The van der Waals surface area contributed by atoms with Gasteiger partial charge in [-0.1, -0.05) is 6.42 Å². The molecule has 7 nitrogen and oxygen atoms in total. The molecule has 3 atom stereocenters. The first-order valence-corrected chi connectivity index (χ1v) is 10.3. The van der Waals surface area contributed by atoms with E-state index in [0.29, 0.717) is 25.7 Å². The lowest BCUT2D eigenvalue weighted by molar-refractivity contribution is -0.125. The average molecular weight is 385 g/mol. The molecule has 0 radical (unpaired) electrons. The van der Waals surface area contributed by atoms with Crippen LogP contribution in [0.3, 0.4) is 0 Å². The van der Waals surface area contributed by atoms with E-state index in [2.05, 4.69) is 10.6 Å². The third-order valence-corrected chi connectivity index (χ3v) is 5.36. The maximum Gasteiger partial charge on any atom is 0.408 e. The average Bonchev–Trinajstić information content (AvgIpc) is 3.00. The van der Waals surface area contributed by atoms with Crippen LogP contribution in [0.25, 0.3) is 0 Å². The first-order chi connectivity index (χ1) is 12.8. The van der Waals surface area contributed by atoms with Crippen LogP contribution < -0.4 is 10.6 Å². The molecule has 2 rings (SSSR count). The summed E-state index contributed by atoms with van der Waals surface area (Å²) >= 11 is 0. The summed E-state index contributed by atoms with van der Waals surface area (Å²) in [6, 6.07) is -0.610. The highest BCUT2D eigenvalue weighted by molar-refractivity contribution is 5.86. The second kappa shape index (κ2) is 10.3. The van der Waals surface area contributed by atoms with Crippen LogP contribution in [0.5, 0.6) is 0 Å². The van der Waals surface area contributed by atoms with E-state index in [1.54, 1.807) is 20.8 Å². The van der Waals surface area contributed by atoms with Crippen LogP contribution in [-0.2, 0) is 14.3 Å². The zero-order valence-electron chi connectivity index (χ0n) is 17.0. The quantitative estimate of drug-likeness (QED) is 0.586. The van der Waals surface area contributed by atoms with Gasteiger partial charge in [-0.15, -0.1) is 0 Å². The van der Waals surface area contributed by atoms with Crippen molar-refractivity contribution in [2.45, 2.75) is 83.5 Å². The van der Waals surface area contributed by atoms with E-state index >= 15 is 0 Å². The predicted octanol–water partition coefficient (Wildman–Crippen LogP) is 2.36. The number of rotatable bonds is 7. The molecule has 2 amide bonds. The Hall–Kier alpha value is -1.34. The van der Waals surface area contributed by atoms with Crippen molar-refractivity contribution in [2.75, 3.05) is 19.8 Å². The van der Waals surface area contributed by atoms with Crippen LogP contribution >= 0.6 is 0 Å². The van der Waals surface area contributed by atoms with E-state index in [1.165, 1.54) is 0 Å². The van der Waals surface area contributed by atoms with E-state index in [0.717, 1.165) is 44.9 Å². The van der Waals surface area contributed by atoms with Crippen LogP contribution in [0.1, 0.15) is 65.7 Å². The number of hydrogen-bond donors (Lipinski definition) is 3. The fourth-order valence-corrected chi connectivity index (χ4v) is 3.92. The highest BCUT2D eigenvalue weighted by atomic mass is 16.6. The Morgan fingerprint density at radius 2 is 1.89 bits per heavy atom. The lowest BCUT2D eigenvalue weighted by Gasteiger charge is -2.31. The highest BCUT2D eigenvalue weighted by Crippen LogP contribution is 2.29. The SMILES string of the molecule is CC(C)(C)OC(=O)N[C@H](C(=O)NCCC[C@H]1CCC[C@H]1O)C1CCOCC1. The molecule has 0 unspecified atom stereocenters. The fraction of sp³-hybridized carbons (Fsp3) is 0.900. The van der Waals surface area contributed by atoms with E-state index in [9.17, 15) is 14.7 Å². The number of carbonyl (C=O) groups excluding carboxylic acids is 2. The molecule has 2 aliphatic rings. The van der Waals surface area contributed by atoms with Crippen molar-refractivity contribution in [1.29, 1.82) is 0 Å². The molecule has 7 heteroatoms. The Morgan fingerprint density at radius 1 is 1.19 bits per heavy atom. The third kappa shape index (κ3) is 7.66. The van der Waals surface area contributed by atoms with Crippen LogP contribution in [0.4, 0.5) is 4.79 Å². The van der Waals surface area contributed by atoms with Crippen LogP contribution in [-0.4, -0.2) is 54.6 Å². The molecule has 3 N–H and O–H groups in total. The molecule has 0 aromatic carbocycles. The molecular formula is C20H36N2O5. The smallest absolute Gasteiger partial charge is 0.408 e. The molecular weight excluding hydrogens is 348 g/mol. The first kappa shape index (κ1) is 22.0. The zero-order valence-corrected chi connectivity index (χ0v) is 17.0. The molecule has 1 aliphatic heterocycles. The van der Waals surface area contributed by atoms with Gasteiger partial charge < -0.3 is 25.2 Å². The fourth-order valence-electron chi connectivity index (χ4n) is 3.92. The van der Waals surface area contributed by atoms with Gasteiger partial charge in [0.05, 0.1) is 6.10 Å². The summed E-state index contributed by atoms with van der Waals surface area (Å²) in [4.78, 5) is 24.9. The van der Waals surface area contributed by atoms with Crippen molar-refractivity contribution >= 4 is 12.0 Å². The van der Waals surface area contributed by atoms with Gasteiger partial charge in [-0.25, -0.2) is 4.79 Å². The second-order valence-corrected chi connectivity index (χ2v) is 8.77. The third-order valence-electron chi connectivity index (χ3n) is 5.36. The van der Waals surface area contributed by atoms with E-state index in [-0.39, 0.29) is 17.9 Å². The van der Waals surface area contributed by atoms with Crippen molar-refractivity contribution < 1.29 is 24.2 Å². The number of aliphatic hydroxyl groups excluding tert-OH is 1. The van der Waals surface area contributed by atoms with Gasteiger partial charge in [0.1, 0.15) is 11.6 Å². The van der Waals surface area contributed by atoms with Crippen molar-refractivity contribution in [3.05, 3.63) is 0 Å². The highest BCUT2D eigenvalue weighted by Gasteiger charge is 2.32. The molecule has 0 aromatic rings. The van der Waals surface area contributed by atoms with Gasteiger partial charge in [0.25, 0.3) is 0 Å². The van der Waals surface area contributed by atoms with Crippen molar-refractivity contribution in [3.63, 3.8) is 0 Å². The van der Waals surface area contributed by atoms with Gasteiger partial charge in [-0.05, 0) is 71.1 Å². The molecule has 0 bridgehead atoms. The Kier molecular flexibility index (Phi) is 8.35. The number of carbonyl (C=O) groups is 2. The minimum atomic E-state index is -0.610. The summed E-state index contributed by atoms with van der Waals surface area (Å²) in [5.74, 6) is 0.232. The van der Waals surface area contributed by atoms with Crippen molar-refractivity contribution in [3.8, 4) is 0 Å². The molecule has 2 fully saturated rings. The maximum atomic E-state index is 12.7. The Balaban J connectivity index is 1.83. The number of amides is 2. The molecule has 1 saturated heterocycles. The van der Waals surface area contributed by atoms with E-state index < -0.39 is 17.7 Å². The predicted molar refractivity (Wildman–Crippen MR) is 102 cm³/mol. The first-order valence-electron chi connectivity index (χ1n) is 10.3. The van der Waals surface area contributed by atoms with Crippen molar-refractivity contribution in [2.24, 2.45) is 11.8 Å². The van der Waals surface area contributed by atoms with Crippen LogP contribution in [0.2, 0.25) is 0 Å². The summed E-state index contributed by atoms with van der Waals surface area (Å²) < 4.78 is 10.7. The maximum absolute atomic E-state index is 12.7. The van der Waals surface area contributed by atoms with Crippen LogP contribution in [0.15, 0.2) is 0 Å². The zero-order chi connectivity index (χ0) is 19.9. The molecule has 1 aliphatic carbocycles.